The van der Waals surface area contributed by atoms with Crippen molar-refractivity contribution in [2.45, 2.75) is 30.4 Å². The molecule has 2 aliphatic carbocycles. The van der Waals surface area contributed by atoms with Crippen LogP contribution in [0.4, 0.5) is 0 Å². The number of hydrogen-bond acceptors (Lipinski definition) is 4. The van der Waals surface area contributed by atoms with Crippen LogP contribution >= 0.6 is 0 Å². The van der Waals surface area contributed by atoms with Crippen molar-refractivity contribution in [1.29, 1.82) is 0 Å². The molecule has 2 aliphatic heterocycles. The lowest BCUT2D eigenvalue weighted by atomic mass is 9.57. The van der Waals surface area contributed by atoms with E-state index >= 15 is 0 Å². The van der Waals surface area contributed by atoms with Gasteiger partial charge in [-0.15, -0.1) is 0 Å². The highest BCUT2D eigenvalue weighted by molar-refractivity contribution is 5.67. The van der Waals surface area contributed by atoms with Crippen molar-refractivity contribution in [2.75, 3.05) is 20.7 Å². The molecule has 1 fully saturated rings. The maximum atomic E-state index is 10.3. The summed E-state index contributed by atoms with van der Waals surface area (Å²) >= 11 is 0. The third-order valence-corrected chi connectivity index (χ3v) is 5.95. The molecule has 4 aliphatic rings. The van der Waals surface area contributed by atoms with E-state index in [1.165, 1.54) is 16.7 Å². The SMILES string of the molecule is COC1=CC=C2C3Cc4ccc(O)c5c4C2(CCN3C)[C@H]1O5. The Balaban J connectivity index is 1.86. The summed E-state index contributed by atoms with van der Waals surface area (Å²) in [6.07, 6.45) is 6.11. The Labute approximate surface area is 129 Å². The average Bonchev–Trinajstić information content (AvgIpc) is 2.88. The number of likely N-dealkylation sites (N-methyl/N-ethyl adjacent to an activating group) is 1. The molecule has 2 bridgehead atoms. The van der Waals surface area contributed by atoms with Crippen LogP contribution in [0.1, 0.15) is 17.5 Å². The Morgan fingerprint density at radius 2 is 2.23 bits per heavy atom. The van der Waals surface area contributed by atoms with Crippen molar-refractivity contribution in [3.05, 3.63) is 46.7 Å². The van der Waals surface area contributed by atoms with E-state index in [2.05, 4.69) is 24.1 Å². The van der Waals surface area contributed by atoms with Crippen molar-refractivity contribution >= 4 is 0 Å². The van der Waals surface area contributed by atoms with E-state index in [-0.39, 0.29) is 17.3 Å². The molecule has 0 aromatic heterocycles. The van der Waals surface area contributed by atoms with E-state index in [0.29, 0.717) is 11.8 Å². The van der Waals surface area contributed by atoms with Gasteiger partial charge in [0.15, 0.2) is 17.6 Å². The summed E-state index contributed by atoms with van der Waals surface area (Å²) in [6.45, 7) is 1.04. The average molecular weight is 297 g/mol. The number of piperidine rings is 1. The molecule has 1 saturated heterocycles. The van der Waals surface area contributed by atoms with E-state index in [0.717, 1.165) is 25.1 Å². The number of methoxy groups -OCH3 is 1. The molecule has 2 unspecified atom stereocenters. The van der Waals surface area contributed by atoms with Gasteiger partial charge in [-0.05, 0) is 49.7 Å². The molecule has 0 radical (unpaired) electrons. The zero-order chi connectivity index (χ0) is 15.1. The van der Waals surface area contributed by atoms with Gasteiger partial charge in [-0.1, -0.05) is 12.1 Å². The van der Waals surface area contributed by atoms with Crippen LogP contribution < -0.4 is 4.74 Å². The van der Waals surface area contributed by atoms with Crippen molar-refractivity contribution in [2.24, 2.45) is 0 Å². The fourth-order valence-electron chi connectivity index (χ4n) is 4.95. The number of allylic oxidation sites excluding steroid dienone is 2. The maximum absolute atomic E-state index is 10.3. The lowest BCUT2D eigenvalue weighted by Gasteiger charge is -2.52. The topological polar surface area (TPSA) is 41.9 Å². The van der Waals surface area contributed by atoms with Gasteiger partial charge < -0.3 is 14.6 Å². The quantitative estimate of drug-likeness (QED) is 0.862. The van der Waals surface area contributed by atoms with Crippen molar-refractivity contribution in [3.8, 4) is 11.5 Å². The summed E-state index contributed by atoms with van der Waals surface area (Å²) < 4.78 is 11.8. The second-order valence-electron chi connectivity index (χ2n) is 6.76. The fraction of sp³-hybridized carbons (Fsp3) is 0.444. The van der Waals surface area contributed by atoms with Gasteiger partial charge in [-0.2, -0.15) is 0 Å². The minimum Gasteiger partial charge on any atom is -0.504 e. The molecular formula is C18H19NO3. The number of ether oxygens (including phenoxy) is 2. The second-order valence-corrected chi connectivity index (χ2v) is 6.76. The summed E-state index contributed by atoms with van der Waals surface area (Å²) in [5, 5.41) is 10.3. The minimum absolute atomic E-state index is 0.143. The third-order valence-electron chi connectivity index (χ3n) is 5.95. The first-order valence-electron chi connectivity index (χ1n) is 7.85. The van der Waals surface area contributed by atoms with Gasteiger partial charge in [0.05, 0.1) is 12.5 Å². The largest absolute Gasteiger partial charge is 0.504 e. The zero-order valence-electron chi connectivity index (χ0n) is 12.8. The molecule has 0 amide bonds. The molecule has 114 valence electrons. The van der Waals surface area contributed by atoms with Crippen LogP contribution in [0.15, 0.2) is 35.6 Å². The number of phenolic OH excluding ortho intramolecular Hbond substituents is 1. The summed E-state index contributed by atoms with van der Waals surface area (Å²) in [5.41, 5.74) is 3.78. The fourth-order valence-corrected chi connectivity index (χ4v) is 4.95. The predicted molar refractivity (Wildman–Crippen MR) is 82.1 cm³/mol. The molecule has 1 N–H and O–H groups in total. The molecule has 0 saturated carbocycles. The highest BCUT2D eigenvalue weighted by Gasteiger charge is 2.61. The lowest BCUT2D eigenvalue weighted by Crippen LogP contribution is -2.58. The van der Waals surface area contributed by atoms with Crippen LogP contribution in [0.2, 0.25) is 0 Å². The van der Waals surface area contributed by atoms with Crippen LogP contribution in [0.25, 0.3) is 0 Å². The number of phenols is 1. The number of hydrogen-bond donors (Lipinski definition) is 1. The van der Waals surface area contributed by atoms with Crippen LogP contribution in [-0.4, -0.2) is 42.9 Å². The molecule has 4 nitrogen and oxygen atoms in total. The van der Waals surface area contributed by atoms with Crippen molar-refractivity contribution in [1.82, 2.24) is 4.90 Å². The molecule has 22 heavy (non-hydrogen) atoms. The Bertz CT molecular complexity index is 751. The molecule has 1 spiro atoms. The number of rotatable bonds is 1. The van der Waals surface area contributed by atoms with Crippen molar-refractivity contribution < 1.29 is 14.6 Å². The minimum atomic E-state index is -0.154. The number of likely N-dealkylation sites (tertiary alicyclic amines) is 1. The Kier molecular flexibility index (Phi) is 2.22. The van der Waals surface area contributed by atoms with Gasteiger partial charge in [0.25, 0.3) is 0 Å². The van der Waals surface area contributed by atoms with Gasteiger partial charge >= 0.3 is 0 Å². The van der Waals surface area contributed by atoms with E-state index in [1.54, 1.807) is 13.2 Å². The summed E-state index contributed by atoms with van der Waals surface area (Å²) in [4.78, 5) is 2.44. The monoisotopic (exact) mass is 297 g/mol. The summed E-state index contributed by atoms with van der Waals surface area (Å²) in [6, 6.07) is 4.25. The van der Waals surface area contributed by atoms with Crippen molar-refractivity contribution in [3.63, 3.8) is 0 Å². The number of nitrogens with zero attached hydrogens (tertiary/aromatic N) is 1. The number of benzene rings is 1. The molecule has 1 aromatic carbocycles. The van der Waals surface area contributed by atoms with Crippen LogP contribution in [0.5, 0.6) is 11.5 Å². The first-order valence-corrected chi connectivity index (χ1v) is 7.85. The lowest BCUT2D eigenvalue weighted by molar-refractivity contribution is 0.0735. The zero-order valence-corrected chi connectivity index (χ0v) is 12.8. The van der Waals surface area contributed by atoms with Gasteiger partial charge in [-0.25, -0.2) is 0 Å². The van der Waals surface area contributed by atoms with E-state index in [1.807, 2.05) is 6.08 Å². The van der Waals surface area contributed by atoms with Gasteiger partial charge in [0.1, 0.15) is 5.76 Å². The molecule has 2 heterocycles. The predicted octanol–water partition coefficient (Wildman–Crippen LogP) is 2.12. The first kappa shape index (κ1) is 12.6. The van der Waals surface area contributed by atoms with Crippen LogP contribution in [-0.2, 0) is 16.6 Å². The van der Waals surface area contributed by atoms with E-state index < -0.39 is 0 Å². The summed E-state index contributed by atoms with van der Waals surface area (Å²) in [5.74, 6) is 1.77. The molecule has 4 heteroatoms. The first-order chi connectivity index (χ1) is 10.7. The maximum Gasteiger partial charge on any atom is 0.169 e. The van der Waals surface area contributed by atoms with Crippen LogP contribution in [0, 0.1) is 0 Å². The normalized spacial score (nSPS) is 34.5. The number of aromatic hydroxyl groups is 1. The highest BCUT2D eigenvalue weighted by atomic mass is 16.5. The highest BCUT2D eigenvalue weighted by Crippen LogP contribution is 2.62. The van der Waals surface area contributed by atoms with Gasteiger partial charge in [-0.3, -0.25) is 4.90 Å². The Hall–Kier alpha value is -1.94. The van der Waals surface area contributed by atoms with E-state index in [4.69, 9.17) is 9.47 Å². The smallest absolute Gasteiger partial charge is 0.169 e. The van der Waals surface area contributed by atoms with Crippen LogP contribution in [0.3, 0.4) is 0 Å². The third kappa shape index (κ3) is 1.20. The molecular weight excluding hydrogens is 278 g/mol. The Morgan fingerprint density at radius 1 is 1.36 bits per heavy atom. The van der Waals surface area contributed by atoms with Gasteiger partial charge in [0.2, 0.25) is 0 Å². The van der Waals surface area contributed by atoms with E-state index in [9.17, 15) is 5.11 Å². The molecule has 1 aromatic rings. The van der Waals surface area contributed by atoms with Gasteiger partial charge in [0, 0.05) is 11.6 Å². The Morgan fingerprint density at radius 3 is 3.05 bits per heavy atom. The standard InChI is InChI=1S/C18H19NO3/c1-19-8-7-18-11-4-6-14(21-2)17(18)22-16-13(20)5-3-10(15(16)18)9-12(11)19/h3-6,12,17,20H,7-9H2,1-2H3/t12?,17-,18?/m0/s1. The molecule has 5 rings (SSSR count). The molecule has 3 atom stereocenters. The second kappa shape index (κ2) is 3.87. The summed E-state index contributed by atoms with van der Waals surface area (Å²) in [7, 11) is 3.90.